The van der Waals surface area contributed by atoms with Gasteiger partial charge in [0.1, 0.15) is 5.75 Å². The number of ether oxygens (including phenoxy) is 1. The van der Waals surface area contributed by atoms with Crippen LogP contribution in [0.2, 0.25) is 0 Å². The molecule has 2 rings (SSSR count). The second-order valence-corrected chi connectivity index (χ2v) is 5.15. The Morgan fingerprint density at radius 2 is 2.10 bits per heavy atom. The zero-order valence-corrected chi connectivity index (χ0v) is 13.1. The van der Waals surface area contributed by atoms with Crippen LogP contribution in [-0.4, -0.2) is 21.3 Å². The molecular weight excluding hydrogens is 264 g/mol. The van der Waals surface area contributed by atoms with Crippen molar-refractivity contribution in [3.8, 4) is 11.5 Å². The van der Waals surface area contributed by atoms with E-state index in [1.807, 2.05) is 30.1 Å². The fourth-order valence-electron chi connectivity index (χ4n) is 2.07. The lowest BCUT2D eigenvalue weighted by molar-refractivity contribution is 0.469. The zero-order chi connectivity index (χ0) is 15.1. The minimum Gasteiger partial charge on any atom is -0.454 e. The predicted molar refractivity (Wildman–Crippen MR) is 83.6 cm³/mol. The van der Waals surface area contributed by atoms with Gasteiger partial charge in [-0.15, -0.1) is 0 Å². The summed E-state index contributed by atoms with van der Waals surface area (Å²) in [6.07, 6.45) is 7.74. The van der Waals surface area contributed by atoms with Crippen molar-refractivity contribution in [1.29, 1.82) is 0 Å². The van der Waals surface area contributed by atoms with Crippen molar-refractivity contribution in [1.82, 2.24) is 20.1 Å². The maximum absolute atomic E-state index is 5.98. The van der Waals surface area contributed by atoms with Gasteiger partial charge in [-0.2, -0.15) is 5.10 Å². The lowest BCUT2D eigenvalue weighted by Gasteiger charge is -2.11. The highest BCUT2D eigenvalue weighted by Gasteiger charge is 2.08. The predicted octanol–water partition coefficient (Wildman–Crippen LogP) is 3.29. The summed E-state index contributed by atoms with van der Waals surface area (Å²) in [5, 5.41) is 7.67. The number of hydrogen-bond donors (Lipinski definition) is 1. The molecule has 1 N–H and O–H groups in total. The topological polar surface area (TPSA) is 52.0 Å². The Morgan fingerprint density at radius 1 is 1.24 bits per heavy atom. The van der Waals surface area contributed by atoms with Gasteiger partial charge < -0.3 is 10.1 Å². The lowest BCUT2D eigenvalue weighted by Crippen LogP contribution is -2.14. The molecular formula is C16H24N4O. The fourth-order valence-corrected chi connectivity index (χ4v) is 2.07. The Kier molecular flexibility index (Phi) is 5.75. The fraction of sp³-hybridized carbons (Fsp3) is 0.500. The third kappa shape index (κ3) is 4.56. The van der Waals surface area contributed by atoms with E-state index in [9.17, 15) is 0 Å². The molecule has 0 aliphatic heterocycles. The number of nitrogens with one attached hydrogen (secondary N) is 1. The van der Waals surface area contributed by atoms with Crippen molar-refractivity contribution in [3.05, 3.63) is 35.9 Å². The number of nitrogens with zero attached hydrogens (tertiary/aromatic N) is 3. The molecule has 0 fully saturated rings. The molecule has 2 aromatic heterocycles. The molecule has 2 aromatic rings. The third-order valence-corrected chi connectivity index (χ3v) is 3.11. The van der Waals surface area contributed by atoms with Crippen LogP contribution < -0.4 is 10.1 Å². The van der Waals surface area contributed by atoms with Gasteiger partial charge in [-0.3, -0.25) is 9.67 Å². The first-order chi connectivity index (χ1) is 10.2. The third-order valence-electron chi connectivity index (χ3n) is 3.11. The molecule has 0 radical (unpaired) electrons. The Labute approximate surface area is 126 Å². The first-order valence-corrected chi connectivity index (χ1v) is 7.59. The first-order valence-electron chi connectivity index (χ1n) is 7.59. The quantitative estimate of drug-likeness (QED) is 0.757. The van der Waals surface area contributed by atoms with Crippen molar-refractivity contribution in [2.75, 3.05) is 6.54 Å². The largest absolute Gasteiger partial charge is 0.454 e. The van der Waals surface area contributed by atoms with Gasteiger partial charge in [0, 0.05) is 36.6 Å². The Hall–Kier alpha value is -1.88. The van der Waals surface area contributed by atoms with E-state index in [0.29, 0.717) is 0 Å². The normalized spacial score (nSPS) is 10.8. The van der Waals surface area contributed by atoms with Gasteiger partial charge in [0.05, 0.1) is 12.4 Å². The number of pyridine rings is 1. The van der Waals surface area contributed by atoms with Crippen LogP contribution in [0.25, 0.3) is 0 Å². The average molecular weight is 288 g/mol. The standard InChI is InChI=1S/C16H24N4O/c1-4-6-17-9-14-10-18-13(3)8-16(14)21-15-11-19-20(12-15)7-5-2/h8,10-12,17H,4-7,9H2,1-3H3. The van der Waals surface area contributed by atoms with Gasteiger partial charge in [-0.25, -0.2) is 0 Å². The summed E-state index contributed by atoms with van der Waals surface area (Å²) in [7, 11) is 0. The lowest BCUT2D eigenvalue weighted by atomic mass is 10.2. The van der Waals surface area contributed by atoms with Gasteiger partial charge in [-0.1, -0.05) is 13.8 Å². The van der Waals surface area contributed by atoms with Gasteiger partial charge >= 0.3 is 0 Å². The summed E-state index contributed by atoms with van der Waals surface area (Å²) >= 11 is 0. The number of rotatable bonds is 8. The summed E-state index contributed by atoms with van der Waals surface area (Å²) in [5.41, 5.74) is 2.02. The Bertz CT molecular complexity index is 565. The van der Waals surface area contributed by atoms with Crippen molar-refractivity contribution in [3.63, 3.8) is 0 Å². The molecule has 5 nitrogen and oxygen atoms in total. The highest BCUT2D eigenvalue weighted by atomic mass is 16.5. The van der Waals surface area contributed by atoms with Crippen LogP contribution in [0, 0.1) is 6.92 Å². The number of aryl methyl sites for hydroxylation is 2. The summed E-state index contributed by atoms with van der Waals surface area (Å²) < 4.78 is 7.89. The minimum atomic E-state index is 0.763. The molecule has 0 saturated carbocycles. The zero-order valence-electron chi connectivity index (χ0n) is 13.1. The smallest absolute Gasteiger partial charge is 0.165 e. The van der Waals surface area contributed by atoms with Crippen LogP contribution in [0.3, 0.4) is 0 Å². The Balaban J connectivity index is 2.10. The molecule has 0 atom stereocenters. The van der Waals surface area contributed by atoms with E-state index in [1.165, 1.54) is 0 Å². The number of hydrogen-bond acceptors (Lipinski definition) is 4. The summed E-state index contributed by atoms with van der Waals surface area (Å²) in [6, 6.07) is 1.97. The van der Waals surface area contributed by atoms with E-state index in [-0.39, 0.29) is 0 Å². The molecule has 5 heteroatoms. The molecule has 0 bridgehead atoms. The van der Waals surface area contributed by atoms with E-state index < -0.39 is 0 Å². The SMILES string of the molecule is CCCNCc1cnc(C)cc1Oc1cnn(CCC)c1. The van der Waals surface area contributed by atoms with Gasteiger partial charge in [0.15, 0.2) is 5.75 Å². The second-order valence-electron chi connectivity index (χ2n) is 5.15. The molecule has 114 valence electrons. The molecule has 2 heterocycles. The van der Waals surface area contributed by atoms with E-state index in [0.717, 1.165) is 55.2 Å². The first kappa shape index (κ1) is 15.5. The van der Waals surface area contributed by atoms with E-state index in [1.54, 1.807) is 6.20 Å². The maximum atomic E-state index is 5.98. The monoisotopic (exact) mass is 288 g/mol. The van der Waals surface area contributed by atoms with E-state index in [4.69, 9.17) is 4.74 Å². The molecule has 0 aliphatic rings. The summed E-state index contributed by atoms with van der Waals surface area (Å²) in [5.74, 6) is 1.62. The van der Waals surface area contributed by atoms with Crippen LogP contribution in [-0.2, 0) is 13.1 Å². The van der Waals surface area contributed by atoms with Crippen molar-refractivity contribution >= 4 is 0 Å². The molecule has 0 unspecified atom stereocenters. The molecule has 21 heavy (non-hydrogen) atoms. The number of aromatic nitrogens is 3. The Morgan fingerprint density at radius 3 is 2.86 bits per heavy atom. The summed E-state index contributed by atoms with van der Waals surface area (Å²) in [4.78, 5) is 4.35. The van der Waals surface area contributed by atoms with Crippen molar-refractivity contribution in [2.24, 2.45) is 0 Å². The van der Waals surface area contributed by atoms with Crippen LogP contribution in [0.4, 0.5) is 0 Å². The average Bonchev–Trinajstić information content (AvgIpc) is 2.89. The van der Waals surface area contributed by atoms with E-state index >= 15 is 0 Å². The summed E-state index contributed by atoms with van der Waals surface area (Å²) in [6.45, 7) is 8.91. The van der Waals surface area contributed by atoms with Crippen LogP contribution in [0.1, 0.15) is 37.9 Å². The van der Waals surface area contributed by atoms with Crippen LogP contribution in [0.5, 0.6) is 11.5 Å². The van der Waals surface area contributed by atoms with Crippen molar-refractivity contribution in [2.45, 2.75) is 46.7 Å². The maximum Gasteiger partial charge on any atom is 0.165 e. The molecule has 0 amide bonds. The van der Waals surface area contributed by atoms with Crippen LogP contribution >= 0.6 is 0 Å². The highest BCUT2D eigenvalue weighted by molar-refractivity contribution is 5.36. The molecule has 0 spiro atoms. The molecule has 0 aromatic carbocycles. The van der Waals surface area contributed by atoms with Gasteiger partial charge in [-0.05, 0) is 26.3 Å². The van der Waals surface area contributed by atoms with Gasteiger partial charge in [0.25, 0.3) is 0 Å². The minimum absolute atomic E-state index is 0.763. The molecule has 0 aliphatic carbocycles. The highest BCUT2D eigenvalue weighted by Crippen LogP contribution is 2.25. The van der Waals surface area contributed by atoms with E-state index in [2.05, 4.69) is 29.2 Å². The van der Waals surface area contributed by atoms with Crippen molar-refractivity contribution < 1.29 is 4.74 Å². The second kappa shape index (κ2) is 7.78. The van der Waals surface area contributed by atoms with Gasteiger partial charge in [0.2, 0.25) is 0 Å². The molecule has 0 saturated heterocycles. The van der Waals surface area contributed by atoms with Crippen LogP contribution in [0.15, 0.2) is 24.7 Å².